The third-order valence-corrected chi connectivity index (χ3v) is 4.13. The fourth-order valence-corrected chi connectivity index (χ4v) is 2.55. The molecular formula is C17H14Cl2N4O. The number of ether oxygens (including phenoxy) is 1. The van der Waals surface area contributed by atoms with Gasteiger partial charge < -0.3 is 10.1 Å². The van der Waals surface area contributed by atoms with E-state index in [1.54, 1.807) is 12.3 Å². The van der Waals surface area contributed by atoms with Crippen LogP contribution in [-0.4, -0.2) is 21.8 Å². The van der Waals surface area contributed by atoms with Crippen LogP contribution in [0.4, 0.5) is 11.6 Å². The largest absolute Gasteiger partial charge is 0.491 e. The Morgan fingerprint density at radius 3 is 2.71 bits per heavy atom. The van der Waals surface area contributed by atoms with Crippen LogP contribution in [0.25, 0.3) is 0 Å². The Hall–Kier alpha value is -2.37. The molecule has 0 unspecified atom stereocenters. The molecule has 0 saturated heterocycles. The van der Waals surface area contributed by atoms with Crippen molar-refractivity contribution in [3.8, 4) is 5.75 Å². The standard InChI is InChI=1S/C17H14Cl2N4O/c18-13-5-3-4-12(16(13)19)8-11-24-15-7-2-1-6-14(15)22-17-20-9-10-21-23-17/h1-7,9-10H,8,11H2,(H,20,22,23). The van der Waals surface area contributed by atoms with E-state index in [0.29, 0.717) is 34.8 Å². The van der Waals surface area contributed by atoms with E-state index in [1.807, 2.05) is 36.4 Å². The summed E-state index contributed by atoms with van der Waals surface area (Å²) in [5.41, 5.74) is 1.72. The zero-order valence-corrected chi connectivity index (χ0v) is 14.1. The first-order valence-corrected chi connectivity index (χ1v) is 8.05. The summed E-state index contributed by atoms with van der Waals surface area (Å²) in [5, 5.41) is 11.9. The number of nitrogens with one attached hydrogen (secondary N) is 1. The maximum Gasteiger partial charge on any atom is 0.247 e. The number of benzene rings is 2. The molecule has 3 rings (SSSR count). The lowest BCUT2D eigenvalue weighted by molar-refractivity contribution is 0.323. The van der Waals surface area contributed by atoms with E-state index in [9.17, 15) is 0 Å². The van der Waals surface area contributed by atoms with Crippen molar-refractivity contribution < 1.29 is 4.74 Å². The van der Waals surface area contributed by atoms with Crippen LogP contribution in [0.1, 0.15) is 5.56 Å². The molecular weight excluding hydrogens is 347 g/mol. The molecule has 0 bridgehead atoms. The summed E-state index contributed by atoms with van der Waals surface area (Å²) in [6, 6.07) is 13.1. The molecule has 0 atom stereocenters. The van der Waals surface area contributed by atoms with E-state index in [2.05, 4.69) is 20.5 Å². The van der Waals surface area contributed by atoms with E-state index in [4.69, 9.17) is 27.9 Å². The van der Waals surface area contributed by atoms with Gasteiger partial charge in [-0.25, -0.2) is 4.98 Å². The molecule has 5 nitrogen and oxygen atoms in total. The molecule has 2 aromatic carbocycles. The lowest BCUT2D eigenvalue weighted by Crippen LogP contribution is -2.05. The number of anilines is 2. The number of rotatable bonds is 6. The topological polar surface area (TPSA) is 59.9 Å². The number of aromatic nitrogens is 3. The van der Waals surface area contributed by atoms with Gasteiger partial charge in [0.2, 0.25) is 5.95 Å². The lowest BCUT2D eigenvalue weighted by Gasteiger charge is -2.12. The second kappa shape index (κ2) is 7.95. The number of para-hydroxylation sites is 2. The molecule has 1 N–H and O–H groups in total. The van der Waals surface area contributed by atoms with Crippen molar-refractivity contribution in [2.75, 3.05) is 11.9 Å². The highest BCUT2D eigenvalue weighted by Crippen LogP contribution is 2.28. The molecule has 0 radical (unpaired) electrons. The van der Waals surface area contributed by atoms with Crippen molar-refractivity contribution in [2.45, 2.75) is 6.42 Å². The van der Waals surface area contributed by atoms with E-state index < -0.39 is 0 Å². The molecule has 0 aliphatic rings. The predicted octanol–water partition coefficient (Wildman–Crippen LogP) is 4.54. The second-order valence-electron chi connectivity index (χ2n) is 4.90. The van der Waals surface area contributed by atoms with Crippen LogP contribution in [0.5, 0.6) is 5.75 Å². The molecule has 0 aliphatic heterocycles. The summed E-state index contributed by atoms with van der Waals surface area (Å²) in [4.78, 5) is 4.09. The molecule has 24 heavy (non-hydrogen) atoms. The highest BCUT2D eigenvalue weighted by Gasteiger charge is 2.07. The zero-order chi connectivity index (χ0) is 16.8. The van der Waals surface area contributed by atoms with Crippen LogP contribution in [0, 0.1) is 0 Å². The molecule has 0 fully saturated rings. The molecule has 0 spiro atoms. The Bertz CT molecular complexity index is 815. The maximum absolute atomic E-state index is 6.19. The van der Waals surface area contributed by atoms with Gasteiger partial charge in [-0.3, -0.25) is 0 Å². The molecule has 122 valence electrons. The molecule has 1 aromatic heterocycles. The van der Waals surface area contributed by atoms with Crippen molar-refractivity contribution in [3.63, 3.8) is 0 Å². The minimum atomic E-state index is 0.409. The molecule has 0 amide bonds. The van der Waals surface area contributed by atoms with E-state index in [0.717, 1.165) is 11.3 Å². The fraction of sp³-hybridized carbons (Fsp3) is 0.118. The van der Waals surface area contributed by atoms with Crippen molar-refractivity contribution in [1.82, 2.24) is 15.2 Å². The van der Waals surface area contributed by atoms with Crippen molar-refractivity contribution in [3.05, 3.63) is 70.5 Å². The van der Waals surface area contributed by atoms with E-state index in [1.165, 1.54) is 6.20 Å². The average Bonchev–Trinajstić information content (AvgIpc) is 2.61. The Kier molecular flexibility index (Phi) is 5.46. The third-order valence-electron chi connectivity index (χ3n) is 3.28. The summed E-state index contributed by atoms with van der Waals surface area (Å²) >= 11 is 12.2. The smallest absolute Gasteiger partial charge is 0.247 e. The van der Waals surface area contributed by atoms with Crippen LogP contribution in [0.2, 0.25) is 10.0 Å². The quantitative estimate of drug-likeness (QED) is 0.698. The van der Waals surface area contributed by atoms with Gasteiger partial charge in [0.25, 0.3) is 0 Å². The summed E-state index contributed by atoms with van der Waals surface area (Å²) in [6.45, 7) is 0.465. The van der Waals surface area contributed by atoms with Gasteiger partial charge in [0, 0.05) is 6.42 Å². The van der Waals surface area contributed by atoms with Crippen molar-refractivity contribution in [2.24, 2.45) is 0 Å². The van der Waals surface area contributed by atoms with Gasteiger partial charge in [0.1, 0.15) is 5.75 Å². The monoisotopic (exact) mass is 360 g/mol. The van der Waals surface area contributed by atoms with E-state index in [-0.39, 0.29) is 0 Å². The SMILES string of the molecule is Clc1cccc(CCOc2ccccc2Nc2nccnn2)c1Cl. The number of nitrogens with zero attached hydrogens (tertiary/aromatic N) is 3. The Balaban J connectivity index is 1.66. The summed E-state index contributed by atoms with van der Waals surface area (Å²) < 4.78 is 5.87. The highest BCUT2D eigenvalue weighted by atomic mass is 35.5. The van der Waals surface area contributed by atoms with Gasteiger partial charge in [0.15, 0.2) is 0 Å². The minimum Gasteiger partial charge on any atom is -0.491 e. The van der Waals surface area contributed by atoms with Gasteiger partial charge in [-0.1, -0.05) is 47.5 Å². The molecule has 0 aliphatic carbocycles. The van der Waals surface area contributed by atoms with E-state index >= 15 is 0 Å². The highest BCUT2D eigenvalue weighted by molar-refractivity contribution is 6.42. The number of hydrogen-bond donors (Lipinski definition) is 1. The van der Waals surface area contributed by atoms with Crippen LogP contribution in [-0.2, 0) is 6.42 Å². The van der Waals surface area contributed by atoms with Crippen LogP contribution < -0.4 is 10.1 Å². The fourth-order valence-electron chi connectivity index (χ4n) is 2.13. The van der Waals surface area contributed by atoms with Gasteiger partial charge in [-0.15, -0.1) is 5.10 Å². The van der Waals surface area contributed by atoms with Crippen LogP contribution >= 0.6 is 23.2 Å². The Morgan fingerprint density at radius 2 is 1.88 bits per heavy atom. The summed E-state index contributed by atoms with van der Waals surface area (Å²) in [6.07, 6.45) is 3.74. The number of halogens is 2. The first kappa shape index (κ1) is 16.5. The summed E-state index contributed by atoms with van der Waals surface area (Å²) in [5.74, 6) is 1.11. The van der Waals surface area contributed by atoms with Gasteiger partial charge in [-0.2, -0.15) is 5.10 Å². The first-order valence-electron chi connectivity index (χ1n) is 7.29. The number of hydrogen-bond acceptors (Lipinski definition) is 5. The summed E-state index contributed by atoms with van der Waals surface area (Å²) in [7, 11) is 0. The predicted molar refractivity (Wildman–Crippen MR) is 95.2 cm³/mol. The van der Waals surface area contributed by atoms with Crippen LogP contribution in [0.3, 0.4) is 0 Å². The van der Waals surface area contributed by atoms with Crippen molar-refractivity contribution in [1.29, 1.82) is 0 Å². The van der Waals surface area contributed by atoms with Crippen molar-refractivity contribution >= 4 is 34.8 Å². The molecule has 7 heteroatoms. The molecule has 1 heterocycles. The first-order chi connectivity index (χ1) is 11.7. The lowest BCUT2D eigenvalue weighted by atomic mass is 10.1. The molecule has 0 saturated carbocycles. The minimum absolute atomic E-state index is 0.409. The maximum atomic E-state index is 6.19. The van der Waals surface area contributed by atoms with Gasteiger partial charge in [-0.05, 0) is 23.8 Å². The van der Waals surface area contributed by atoms with Gasteiger partial charge in [0.05, 0.1) is 34.7 Å². The normalized spacial score (nSPS) is 10.4. The molecule has 3 aromatic rings. The van der Waals surface area contributed by atoms with Crippen LogP contribution in [0.15, 0.2) is 54.9 Å². The third kappa shape index (κ3) is 4.13. The Labute approximate surface area is 149 Å². The zero-order valence-electron chi connectivity index (χ0n) is 12.6. The van der Waals surface area contributed by atoms with Gasteiger partial charge >= 0.3 is 0 Å². The second-order valence-corrected chi connectivity index (χ2v) is 5.68. The Morgan fingerprint density at radius 1 is 1.00 bits per heavy atom. The average molecular weight is 361 g/mol.